The number of H-pyrrole nitrogens is 2. The number of nitrogens with zero attached hydrogens (tertiary/aromatic N) is 4. The molecule has 9 heteroatoms. The van der Waals surface area contributed by atoms with Crippen molar-refractivity contribution >= 4 is 39.7 Å². The first-order valence-corrected chi connectivity index (χ1v) is 9.93. The maximum absolute atomic E-state index is 12.7. The van der Waals surface area contributed by atoms with Gasteiger partial charge in [-0.3, -0.25) is 9.36 Å². The van der Waals surface area contributed by atoms with Gasteiger partial charge in [-0.05, 0) is 36.8 Å². The lowest BCUT2D eigenvalue weighted by Gasteiger charge is -2.16. The molecule has 1 aliphatic rings. The molecule has 3 aromatic heterocycles. The first-order chi connectivity index (χ1) is 14.1. The van der Waals surface area contributed by atoms with Gasteiger partial charge in [0.05, 0.1) is 22.6 Å². The van der Waals surface area contributed by atoms with Gasteiger partial charge in [-0.25, -0.2) is 14.8 Å². The molecule has 1 fully saturated rings. The van der Waals surface area contributed by atoms with Crippen LogP contribution in [0.15, 0.2) is 41.3 Å². The molecule has 2 N–H and O–H groups in total. The number of hydrogen-bond donors (Lipinski definition) is 2. The molecular formula is C20H19ClN6O2. The van der Waals surface area contributed by atoms with Gasteiger partial charge in [0.15, 0.2) is 5.65 Å². The van der Waals surface area contributed by atoms with E-state index in [-0.39, 0.29) is 17.6 Å². The zero-order valence-corrected chi connectivity index (χ0v) is 16.3. The highest BCUT2D eigenvalue weighted by molar-refractivity contribution is 6.31. The largest absolute Gasteiger partial charge is 0.342 e. The van der Waals surface area contributed by atoms with Crippen molar-refractivity contribution in [3.8, 4) is 0 Å². The van der Waals surface area contributed by atoms with E-state index in [1.807, 2.05) is 23.1 Å². The predicted molar refractivity (Wildman–Crippen MR) is 110 cm³/mol. The molecule has 0 spiro atoms. The van der Waals surface area contributed by atoms with Gasteiger partial charge in [-0.1, -0.05) is 11.6 Å². The third kappa shape index (κ3) is 3.29. The second-order valence-electron chi connectivity index (χ2n) is 7.30. The number of fused-ring (bicyclic) bond motifs is 2. The number of aromatic nitrogens is 5. The fourth-order valence-corrected chi connectivity index (χ4v) is 4.18. The van der Waals surface area contributed by atoms with E-state index >= 15 is 0 Å². The monoisotopic (exact) mass is 410 g/mol. The van der Waals surface area contributed by atoms with Crippen LogP contribution in [0.3, 0.4) is 0 Å². The van der Waals surface area contributed by atoms with Crippen LogP contribution in [0.2, 0.25) is 5.02 Å². The Balaban J connectivity index is 1.26. The molecule has 1 aromatic carbocycles. The Hall–Kier alpha value is -3.13. The van der Waals surface area contributed by atoms with Crippen LogP contribution in [0.4, 0.5) is 0 Å². The number of hydrogen-bond acceptors (Lipinski definition) is 4. The molecule has 1 atom stereocenters. The number of amides is 1. The lowest BCUT2D eigenvalue weighted by molar-refractivity contribution is -0.130. The summed E-state index contributed by atoms with van der Waals surface area (Å²) in [7, 11) is 0. The van der Waals surface area contributed by atoms with Crippen LogP contribution in [0.25, 0.3) is 22.2 Å². The van der Waals surface area contributed by atoms with Crippen molar-refractivity contribution in [2.75, 3.05) is 13.1 Å². The first-order valence-electron chi connectivity index (χ1n) is 9.55. The van der Waals surface area contributed by atoms with Crippen LogP contribution < -0.4 is 5.69 Å². The molecule has 4 heterocycles. The standard InChI is InChI=1S/C20H19ClN6O2/c21-12-3-4-14-16(10-12)24-17(23-14)5-6-18(28)26-9-7-13(11-26)27-19-15(25-20(27)29)2-1-8-22-19/h1-4,8,10,13H,5-7,9,11H2,(H,23,24)(H,25,29)/t13-/m1/s1. The lowest BCUT2D eigenvalue weighted by Crippen LogP contribution is -2.31. The van der Waals surface area contributed by atoms with Gasteiger partial charge < -0.3 is 14.9 Å². The summed E-state index contributed by atoms with van der Waals surface area (Å²) in [6.07, 6.45) is 3.30. The molecule has 0 unspecified atom stereocenters. The van der Waals surface area contributed by atoms with Gasteiger partial charge in [0.1, 0.15) is 5.82 Å². The van der Waals surface area contributed by atoms with Gasteiger partial charge in [0.2, 0.25) is 5.91 Å². The average molecular weight is 411 g/mol. The smallest absolute Gasteiger partial charge is 0.327 e. The second-order valence-corrected chi connectivity index (χ2v) is 7.74. The number of benzene rings is 1. The zero-order chi connectivity index (χ0) is 20.0. The number of likely N-dealkylation sites (tertiary alicyclic amines) is 1. The van der Waals surface area contributed by atoms with Crippen molar-refractivity contribution in [2.24, 2.45) is 0 Å². The summed E-state index contributed by atoms with van der Waals surface area (Å²) < 4.78 is 1.67. The van der Waals surface area contributed by atoms with Crippen molar-refractivity contribution in [2.45, 2.75) is 25.3 Å². The Labute approximate surface area is 170 Å². The van der Waals surface area contributed by atoms with E-state index in [2.05, 4.69) is 19.9 Å². The minimum absolute atomic E-state index is 0.0619. The molecule has 1 amide bonds. The molecular weight excluding hydrogens is 392 g/mol. The molecule has 1 aliphatic heterocycles. The van der Waals surface area contributed by atoms with E-state index in [1.165, 1.54) is 0 Å². The highest BCUT2D eigenvalue weighted by Crippen LogP contribution is 2.24. The highest BCUT2D eigenvalue weighted by Gasteiger charge is 2.29. The van der Waals surface area contributed by atoms with Gasteiger partial charge in [0, 0.05) is 37.2 Å². The fraction of sp³-hybridized carbons (Fsp3) is 0.300. The van der Waals surface area contributed by atoms with Crippen LogP contribution in [0.1, 0.15) is 24.7 Å². The van der Waals surface area contributed by atoms with E-state index in [0.29, 0.717) is 42.1 Å². The number of halogens is 1. The van der Waals surface area contributed by atoms with Crippen LogP contribution in [0.5, 0.6) is 0 Å². The number of rotatable bonds is 4. The average Bonchev–Trinajstić information content (AvgIpc) is 3.41. The summed E-state index contributed by atoms with van der Waals surface area (Å²) in [5.74, 6) is 0.829. The maximum atomic E-state index is 12.7. The summed E-state index contributed by atoms with van der Waals surface area (Å²) >= 11 is 6.01. The molecule has 0 bridgehead atoms. The Morgan fingerprint density at radius 2 is 2.14 bits per heavy atom. The summed E-state index contributed by atoms with van der Waals surface area (Å²) in [5, 5.41) is 0.647. The maximum Gasteiger partial charge on any atom is 0.327 e. The Morgan fingerprint density at radius 3 is 3.03 bits per heavy atom. The molecule has 4 aromatic rings. The van der Waals surface area contributed by atoms with E-state index < -0.39 is 0 Å². The summed E-state index contributed by atoms with van der Waals surface area (Å²) in [4.78, 5) is 41.8. The third-order valence-electron chi connectivity index (χ3n) is 5.43. The summed E-state index contributed by atoms with van der Waals surface area (Å²) in [6, 6.07) is 9.04. The van der Waals surface area contributed by atoms with Gasteiger partial charge in [0.25, 0.3) is 0 Å². The van der Waals surface area contributed by atoms with Crippen molar-refractivity contribution < 1.29 is 4.79 Å². The minimum atomic E-state index is -0.182. The number of aromatic amines is 2. The number of imidazole rings is 2. The SMILES string of the molecule is O=C(CCc1nc2ccc(Cl)cc2[nH]1)N1CC[C@@H](n2c(=O)[nH]c3cccnc32)C1. The predicted octanol–water partition coefficient (Wildman–Crippen LogP) is 2.66. The quantitative estimate of drug-likeness (QED) is 0.540. The van der Waals surface area contributed by atoms with Crippen molar-refractivity contribution in [1.82, 2.24) is 29.4 Å². The van der Waals surface area contributed by atoms with E-state index in [1.54, 1.807) is 22.9 Å². The molecule has 1 saturated heterocycles. The van der Waals surface area contributed by atoms with Crippen molar-refractivity contribution in [1.29, 1.82) is 0 Å². The van der Waals surface area contributed by atoms with Crippen LogP contribution in [0, 0.1) is 0 Å². The van der Waals surface area contributed by atoms with Crippen LogP contribution >= 0.6 is 11.6 Å². The van der Waals surface area contributed by atoms with Gasteiger partial charge >= 0.3 is 5.69 Å². The highest BCUT2D eigenvalue weighted by atomic mass is 35.5. The topological polar surface area (TPSA) is 99.7 Å². The Kier molecular flexibility index (Phi) is 4.35. The number of pyridine rings is 1. The van der Waals surface area contributed by atoms with Crippen molar-refractivity contribution in [3.63, 3.8) is 0 Å². The Morgan fingerprint density at radius 1 is 1.24 bits per heavy atom. The molecule has 0 radical (unpaired) electrons. The Bertz CT molecular complexity index is 1270. The van der Waals surface area contributed by atoms with Gasteiger partial charge in [-0.15, -0.1) is 0 Å². The molecule has 0 saturated carbocycles. The summed E-state index contributed by atoms with van der Waals surface area (Å²) in [6.45, 7) is 1.14. The lowest BCUT2D eigenvalue weighted by atomic mass is 10.2. The van der Waals surface area contributed by atoms with E-state index in [4.69, 9.17) is 11.6 Å². The fourth-order valence-electron chi connectivity index (χ4n) is 4.01. The van der Waals surface area contributed by atoms with Gasteiger partial charge in [-0.2, -0.15) is 0 Å². The molecule has 0 aliphatic carbocycles. The van der Waals surface area contributed by atoms with E-state index in [9.17, 15) is 9.59 Å². The van der Waals surface area contributed by atoms with Crippen LogP contribution in [-0.2, 0) is 11.2 Å². The zero-order valence-electron chi connectivity index (χ0n) is 15.6. The normalized spacial score (nSPS) is 16.9. The number of aryl methyl sites for hydroxylation is 1. The molecule has 8 nitrogen and oxygen atoms in total. The molecule has 29 heavy (non-hydrogen) atoms. The first kappa shape index (κ1) is 17.9. The minimum Gasteiger partial charge on any atom is -0.342 e. The second kappa shape index (κ2) is 7.04. The summed E-state index contributed by atoms with van der Waals surface area (Å²) in [5.41, 5.74) is 2.88. The van der Waals surface area contributed by atoms with Crippen LogP contribution in [-0.4, -0.2) is 48.4 Å². The van der Waals surface area contributed by atoms with Crippen molar-refractivity contribution in [3.05, 3.63) is 57.9 Å². The molecule has 5 rings (SSSR count). The number of carbonyl (C=O) groups is 1. The van der Waals surface area contributed by atoms with E-state index in [0.717, 1.165) is 23.3 Å². The number of carbonyl (C=O) groups excluding carboxylic acids is 1. The molecule has 148 valence electrons. The number of nitrogens with one attached hydrogen (secondary N) is 2. The third-order valence-corrected chi connectivity index (χ3v) is 5.66.